The molecule has 100 valence electrons. The maximum Gasteiger partial charge on any atom is 0.304 e. The molecule has 6 nitrogen and oxygen atoms in total. The molecule has 1 heterocycles. The molecule has 0 radical (unpaired) electrons. The van der Waals surface area contributed by atoms with Gasteiger partial charge in [0.05, 0.1) is 21.9 Å². The lowest BCUT2D eigenvalue weighted by atomic mass is 10.1. The molecule has 0 bridgehead atoms. The molecule has 1 N–H and O–H groups in total. The number of rotatable bonds is 5. The molecule has 0 saturated carbocycles. The molecule has 0 amide bonds. The number of aliphatic hydroxyl groups is 1. The van der Waals surface area contributed by atoms with Gasteiger partial charge in [0.15, 0.2) is 10.8 Å². The van der Waals surface area contributed by atoms with E-state index in [1.54, 1.807) is 25.8 Å². The van der Waals surface area contributed by atoms with Crippen LogP contribution < -0.4 is 4.90 Å². The van der Waals surface area contributed by atoms with Gasteiger partial charge in [0, 0.05) is 13.1 Å². The molecule has 0 saturated heterocycles. The smallest absolute Gasteiger partial charge is 0.304 e. The van der Waals surface area contributed by atoms with Crippen LogP contribution >= 0.6 is 11.3 Å². The third-order valence-corrected chi connectivity index (χ3v) is 4.14. The van der Waals surface area contributed by atoms with Crippen molar-refractivity contribution >= 4 is 27.8 Å². The minimum atomic E-state index is -0.635. The zero-order valence-corrected chi connectivity index (χ0v) is 11.6. The van der Waals surface area contributed by atoms with Crippen LogP contribution in [0.2, 0.25) is 0 Å². The van der Waals surface area contributed by atoms with Crippen molar-refractivity contribution in [2.45, 2.75) is 26.3 Å². The summed E-state index contributed by atoms with van der Waals surface area (Å²) in [5, 5.41) is 20.7. The second kappa shape index (κ2) is 5.03. The van der Waals surface area contributed by atoms with Gasteiger partial charge >= 0.3 is 5.69 Å². The summed E-state index contributed by atoms with van der Waals surface area (Å²) in [7, 11) is 1.67. The van der Waals surface area contributed by atoms with Gasteiger partial charge in [-0.15, -0.1) is 11.3 Å². The van der Waals surface area contributed by atoms with Crippen LogP contribution in [0.4, 0.5) is 10.7 Å². The minimum absolute atomic E-state index is 0.103. The van der Waals surface area contributed by atoms with E-state index in [-0.39, 0.29) is 18.1 Å². The molecular formula is C11H16N2O4S. The number of nitrogens with zero attached hydrogens (tertiary/aromatic N) is 2. The van der Waals surface area contributed by atoms with Crippen molar-refractivity contribution < 1.29 is 14.8 Å². The van der Waals surface area contributed by atoms with Crippen molar-refractivity contribution in [1.29, 1.82) is 0 Å². The lowest BCUT2D eigenvalue weighted by molar-refractivity contribution is -0.383. The first kappa shape index (κ1) is 14.6. The van der Waals surface area contributed by atoms with E-state index in [1.165, 1.54) is 13.0 Å². The average Bonchev–Trinajstić information content (AvgIpc) is 2.72. The lowest BCUT2D eigenvalue weighted by Gasteiger charge is -2.34. The highest BCUT2D eigenvalue weighted by molar-refractivity contribution is 7.18. The van der Waals surface area contributed by atoms with Gasteiger partial charge in [-0.1, -0.05) is 0 Å². The summed E-state index contributed by atoms with van der Waals surface area (Å²) in [5.41, 5.74) is -0.738. The summed E-state index contributed by atoms with van der Waals surface area (Å²) < 4.78 is 0. The van der Waals surface area contributed by atoms with Gasteiger partial charge in [-0.2, -0.15) is 0 Å². The zero-order chi connectivity index (χ0) is 14.1. The topological polar surface area (TPSA) is 83.7 Å². The third kappa shape index (κ3) is 2.68. The van der Waals surface area contributed by atoms with E-state index in [9.17, 15) is 20.0 Å². The second-order valence-electron chi connectivity index (χ2n) is 4.64. The summed E-state index contributed by atoms with van der Waals surface area (Å²) in [5.74, 6) is -0.204. The third-order valence-electron chi connectivity index (χ3n) is 2.84. The second-order valence-corrected chi connectivity index (χ2v) is 5.67. The van der Waals surface area contributed by atoms with Gasteiger partial charge in [-0.05, 0) is 20.8 Å². The Bertz CT molecular complexity index is 481. The Morgan fingerprint density at radius 1 is 1.61 bits per heavy atom. The number of hydrogen-bond donors (Lipinski definition) is 1. The Kier molecular flexibility index (Phi) is 4.08. The van der Waals surface area contributed by atoms with Crippen molar-refractivity contribution in [3.63, 3.8) is 0 Å². The summed E-state index contributed by atoms with van der Waals surface area (Å²) in [6.07, 6.45) is 0. The van der Waals surface area contributed by atoms with E-state index in [4.69, 9.17) is 0 Å². The first-order valence-electron chi connectivity index (χ1n) is 5.34. The number of carbonyl (C=O) groups is 1. The molecule has 0 aliphatic rings. The quantitative estimate of drug-likeness (QED) is 0.504. The Balaban J connectivity index is 3.30. The fraction of sp³-hybridized carbons (Fsp3) is 0.545. The van der Waals surface area contributed by atoms with Crippen molar-refractivity contribution in [2.75, 3.05) is 18.6 Å². The number of anilines is 1. The van der Waals surface area contributed by atoms with Gasteiger partial charge in [0.25, 0.3) is 0 Å². The molecule has 1 rings (SSSR count). The average molecular weight is 272 g/mol. The number of ketones is 1. The molecule has 1 aromatic rings. The van der Waals surface area contributed by atoms with E-state index in [0.717, 1.165) is 11.3 Å². The largest absolute Gasteiger partial charge is 0.394 e. The number of thiophene rings is 1. The molecule has 0 atom stereocenters. The molecule has 0 aliphatic heterocycles. The van der Waals surface area contributed by atoms with Crippen LogP contribution in [-0.4, -0.2) is 35.0 Å². The van der Waals surface area contributed by atoms with Crippen LogP contribution in [0.25, 0.3) is 0 Å². The fourth-order valence-electron chi connectivity index (χ4n) is 1.30. The number of aliphatic hydroxyl groups excluding tert-OH is 1. The molecule has 0 unspecified atom stereocenters. The molecule has 1 aromatic heterocycles. The summed E-state index contributed by atoms with van der Waals surface area (Å²) >= 11 is 1.07. The Labute approximate surface area is 109 Å². The van der Waals surface area contributed by atoms with Gasteiger partial charge < -0.3 is 10.0 Å². The maximum atomic E-state index is 11.3. The van der Waals surface area contributed by atoms with Gasteiger partial charge in [-0.25, -0.2) is 0 Å². The summed E-state index contributed by atoms with van der Waals surface area (Å²) in [4.78, 5) is 23.7. The normalized spacial score (nSPS) is 11.4. The Morgan fingerprint density at radius 3 is 2.56 bits per heavy atom. The molecule has 0 spiro atoms. The van der Waals surface area contributed by atoms with Crippen molar-refractivity contribution in [1.82, 2.24) is 0 Å². The highest BCUT2D eigenvalue weighted by Crippen LogP contribution is 2.39. The number of carbonyl (C=O) groups excluding carboxylic acids is 1. The van der Waals surface area contributed by atoms with Gasteiger partial charge in [0.2, 0.25) is 0 Å². The van der Waals surface area contributed by atoms with E-state index < -0.39 is 10.5 Å². The van der Waals surface area contributed by atoms with Gasteiger partial charge in [0.1, 0.15) is 0 Å². The molecule has 0 aromatic carbocycles. The zero-order valence-electron chi connectivity index (χ0n) is 10.8. The highest BCUT2D eigenvalue weighted by Gasteiger charge is 2.31. The minimum Gasteiger partial charge on any atom is -0.394 e. The van der Waals surface area contributed by atoms with Crippen molar-refractivity contribution in [2.24, 2.45) is 0 Å². The summed E-state index contributed by atoms with van der Waals surface area (Å²) in [6, 6.07) is 1.28. The van der Waals surface area contributed by atoms with Crippen LogP contribution in [0, 0.1) is 10.1 Å². The number of hydrogen-bond acceptors (Lipinski definition) is 6. The molecule has 0 fully saturated rings. The van der Waals surface area contributed by atoms with Crippen LogP contribution in [0.1, 0.15) is 30.4 Å². The van der Waals surface area contributed by atoms with Crippen LogP contribution in [0.5, 0.6) is 0 Å². The number of nitro groups is 1. The molecule has 7 heteroatoms. The van der Waals surface area contributed by atoms with E-state index >= 15 is 0 Å². The predicted octanol–water partition coefficient (Wildman–Crippen LogP) is 2.07. The monoisotopic (exact) mass is 272 g/mol. The molecule has 18 heavy (non-hydrogen) atoms. The Morgan fingerprint density at radius 2 is 2.17 bits per heavy atom. The van der Waals surface area contributed by atoms with E-state index in [1.807, 2.05) is 0 Å². The predicted molar refractivity (Wildman–Crippen MR) is 70.5 cm³/mol. The van der Waals surface area contributed by atoms with Crippen LogP contribution in [0.3, 0.4) is 0 Å². The van der Waals surface area contributed by atoms with Crippen LogP contribution in [-0.2, 0) is 0 Å². The van der Waals surface area contributed by atoms with E-state index in [0.29, 0.717) is 9.88 Å². The first-order chi connectivity index (χ1) is 8.20. The van der Waals surface area contributed by atoms with Crippen molar-refractivity contribution in [3.8, 4) is 0 Å². The molecular weight excluding hydrogens is 256 g/mol. The van der Waals surface area contributed by atoms with Crippen molar-refractivity contribution in [3.05, 3.63) is 21.1 Å². The van der Waals surface area contributed by atoms with Crippen LogP contribution in [0.15, 0.2) is 6.07 Å². The van der Waals surface area contributed by atoms with E-state index in [2.05, 4.69) is 0 Å². The lowest BCUT2D eigenvalue weighted by Crippen LogP contribution is -2.44. The number of Topliss-reactive ketones (excluding diaryl/α,β-unsaturated/α-hetero) is 1. The first-order valence-corrected chi connectivity index (χ1v) is 6.16. The summed E-state index contributed by atoms with van der Waals surface area (Å²) in [6.45, 7) is 4.76. The standard InChI is InChI=1S/C11H16N2O4S/c1-7(15)9-5-8(13(16)17)10(18-9)12(4)11(2,3)6-14/h5,14H,6H2,1-4H3. The van der Waals surface area contributed by atoms with Gasteiger partial charge in [-0.3, -0.25) is 14.9 Å². The number of likely N-dealkylation sites (N-methyl/N-ethyl adjacent to an activating group) is 1. The fourth-order valence-corrected chi connectivity index (χ4v) is 2.44. The molecule has 0 aliphatic carbocycles. The SMILES string of the molecule is CC(=O)c1cc([N+](=O)[O-])c(N(C)C(C)(C)CO)s1. The maximum absolute atomic E-state index is 11.3. The highest BCUT2D eigenvalue weighted by atomic mass is 32.1. The Hall–Kier alpha value is -1.47.